The average molecular weight is 338 g/mol. The first-order valence-corrected chi connectivity index (χ1v) is 8.66. The number of piperazine rings is 1. The van der Waals surface area contributed by atoms with E-state index in [4.69, 9.17) is 17.3 Å². The summed E-state index contributed by atoms with van der Waals surface area (Å²) in [6.07, 6.45) is 1.44. The van der Waals surface area contributed by atoms with Gasteiger partial charge in [0, 0.05) is 38.1 Å². The van der Waals surface area contributed by atoms with Crippen molar-refractivity contribution in [1.29, 1.82) is 0 Å². The molecule has 126 valence electrons. The molecule has 5 nitrogen and oxygen atoms in total. The van der Waals surface area contributed by atoms with Crippen LogP contribution < -0.4 is 10.6 Å². The summed E-state index contributed by atoms with van der Waals surface area (Å²) in [6, 6.07) is 7.62. The molecule has 1 aliphatic carbocycles. The van der Waals surface area contributed by atoms with E-state index in [1.807, 2.05) is 29.2 Å². The van der Waals surface area contributed by atoms with Crippen molar-refractivity contribution >= 4 is 23.2 Å². The number of nitrogens with zero attached hydrogens (tertiary/aromatic N) is 2. The summed E-state index contributed by atoms with van der Waals surface area (Å²) in [7, 11) is 0. The van der Waals surface area contributed by atoms with Crippen molar-refractivity contribution in [2.75, 3.05) is 31.1 Å². The number of aliphatic hydroxyl groups excluding tert-OH is 1. The quantitative estimate of drug-likeness (QED) is 0.857. The Kier molecular flexibility index (Phi) is 5.09. The summed E-state index contributed by atoms with van der Waals surface area (Å²) in [5.74, 6) is 0.0754. The third-order valence-electron chi connectivity index (χ3n) is 5.00. The van der Waals surface area contributed by atoms with E-state index in [9.17, 15) is 9.90 Å². The van der Waals surface area contributed by atoms with Gasteiger partial charge in [-0.3, -0.25) is 4.79 Å². The Labute approximate surface area is 142 Å². The van der Waals surface area contributed by atoms with Crippen LogP contribution in [0.1, 0.15) is 19.3 Å². The smallest absolute Gasteiger partial charge is 0.225 e. The number of hydrogen-bond acceptors (Lipinski definition) is 4. The summed E-state index contributed by atoms with van der Waals surface area (Å²) in [5.41, 5.74) is 6.85. The average Bonchev–Trinajstić information content (AvgIpc) is 2.57. The van der Waals surface area contributed by atoms with Gasteiger partial charge in [0.05, 0.1) is 16.8 Å². The Balaban J connectivity index is 1.57. The molecule has 1 aliphatic heterocycles. The molecule has 0 radical (unpaired) electrons. The zero-order chi connectivity index (χ0) is 16.4. The second kappa shape index (κ2) is 7.07. The number of nitrogens with two attached hydrogens (primary N) is 1. The van der Waals surface area contributed by atoms with Crippen LogP contribution in [0, 0.1) is 5.92 Å². The van der Waals surface area contributed by atoms with E-state index in [1.54, 1.807) is 0 Å². The third kappa shape index (κ3) is 3.62. The number of para-hydroxylation sites is 1. The van der Waals surface area contributed by atoms with Crippen LogP contribution in [0.15, 0.2) is 24.3 Å². The van der Waals surface area contributed by atoms with Gasteiger partial charge in [0.1, 0.15) is 0 Å². The molecule has 1 aromatic carbocycles. The fourth-order valence-electron chi connectivity index (χ4n) is 3.53. The summed E-state index contributed by atoms with van der Waals surface area (Å²) in [4.78, 5) is 16.8. The normalized spacial score (nSPS) is 28.7. The molecule has 3 rings (SSSR count). The number of anilines is 1. The van der Waals surface area contributed by atoms with Crippen LogP contribution >= 0.6 is 11.6 Å². The summed E-state index contributed by atoms with van der Waals surface area (Å²) < 4.78 is 0. The molecular weight excluding hydrogens is 314 g/mol. The predicted octanol–water partition coefficient (Wildman–Crippen LogP) is 1.48. The summed E-state index contributed by atoms with van der Waals surface area (Å²) in [6.45, 7) is 2.96. The van der Waals surface area contributed by atoms with Gasteiger partial charge in [-0.05, 0) is 31.4 Å². The zero-order valence-corrected chi connectivity index (χ0v) is 14.0. The Morgan fingerprint density at radius 3 is 2.52 bits per heavy atom. The van der Waals surface area contributed by atoms with Gasteiger partial charge in [-0.1, -0.05) is 23.7 Å². The second-order valence-electron chi connectivity index (χ2n) is 6.50. The van der Waals surface area contributed by atoms with Crippen molar-refractivity contribution in [3.8, 4) is 0 Å². The standard InChI is InChI=1S/C17H24ClN3O2/c18-13-3-1-2-4-15(13)20-7-9-21(10-8-20)17(23)12-5-6-14(19)16(22)11-12/h1-4,12,14,16,22H,5-11,19H2/t12-,14-,16-/m0/s1. The monoisotopic (exact) mass is 337 g/mol. The lowest BCUT2D eigenvalue weighted by molar-refractivity contribution is -0.138. The van der Waals surface area contributed by atoms with Crippen LogP contribution in [-0.4, -0.2) is 54.2 Å². The third-order valence-corrected chi connectivity index (χ3v) is 5.32. The maximum Gasteiger partial charge on any atom is 0.225 e. The number of carbonyl (C=O) groups is 1. The highest BCUT2D eigenvalue weighted by atomic mass is 35.5. The number of amides is 1. The molecule has 0 spiro atoms. The van der Waals surface area contributed by atoms with E-state index >= 15 is 0 Å². The first-order chi connectivity index (χ1) is 11.1. The minimum Gasteiger partial charge on any atom is -0.391 e. The highest BCUT2D eigenvalue weighted by Gasteiger charge is 2.34. The molecule has 3 atom stereocenters. The number of halogens is 1. The minimum absolute atomic E-state index is 0.0864. The molecule has 1 heterocycles. The van der Waals surface area contributed by atoms with Gasteiger partial charge in [0.15, 0.2) is 0 Å². The lowest BCUT2D eigenvalue weighted by atomic mass is 9.83. The van der Waals surface area contributed by atoms with Gasteiger partial charge in [-0.2, -0.15) is 0 Å². The summed E-state index contributed by atoms with van der Waals surface area (Å²) in [5, 5.41) is 10.6. The van der Waals surface area contributed by atoms with Gasteiger partial charge in [-0.15, -0.1) is 0 Å². The van der Waals surface area contributed by atoms with Crippen molar-refractivity contribution in [2.24, 2.45) is 11.7 Å². The van der Waals surface area contributed by atoms with E-state index in [0.29, 0.717) is 19.5 Å². The number of aliphatic hydroxyl groups is 1. The minimum atomic E-state index is -0.554. The Bertz CT molecular complexity index is 561. The van der Waals surface area contributed by atoms with Crippen LogP contribution in [0.3, 0.4) is 0 Å². The fraction of sp³-hybridized carbons (Fsp3) is 0.588. The van der Waals surface area contributed by atoms with Crippen molar-refractivity contribution < 1.29 is 9.90 Å². The van der Waals surface area contributed by atoms with Crippen molar-refractivity contribution in [1.82, 2.24) is 4.90 Å². The lowest BCUT2D eigenvalue weighted by Gasteiger charge is -2.39. The van der Waals surface area contributed by atoms with Gasteiger partial charge in [0.2, 0.25) is 5.91 Å². The first kappa shape index (κ1) is 16.6. The zero-order valence-electron chi connectivity index (χ0n) is 13.2. The number of benzene rings is 1. The van der Waals surface area contributed by atoms with E-state index in [0.717, 1.165) is 36.6 Å². The van der Waals surface area contributed by atoms with Crippen LogP contribution in [0.25, 0.3) is 0 Å². The molecule has 2 fully saturated rings. The topological polar surface area (TPSA) is 69.8 Å². The van der Waals surface area contributed by atoms with E-state index in [2.05, 4.69) is 4.90 Å². The molecule has 1 amide bonds. The highest BCUT2D eigenvalue weighted by molar-refractivity contribution is 6.33. The van der Waals surface area contributed by atoms with E-state index in [1.165, 1.54) is 0 Å². The van der Waals surface area contributed by atoms with Gasteiger partial charge >= 0.3 is 0 Å². The molecule has 1 saturated carbocycles. The molecule has 2 aliphatic rings. The fourth-order valence-corrected chi connectivity index (χ4v) is 3.78. The number of rotatable bonds is 2. The molecule has 0 unspecified atom stereocenters. The van der Waals surface area contributed by atoms with Gasteiger partial charge < -0.3 is 20.6 Å². The van der Waals surface area contributed by atoms with Crippen LogP contribution in [0.2, 0.25) is 5.02 Å². The number of hydrogen-bond donors (Lipinski definition) is 2. The molecular formula is C17H24ClN3O2. The van der Waals surface area contributed by atoms with Gasteiger partial charge in [0.25, 0.3) is 0 Å². The van der Waals surface area contributed by atoms with Crippen LogP contribution in [0.5, 0.6) is 0 Å². The lowest BCUT2D eigenvalue weighted by Crippen LogP contribution is -2.52. The second-order valence-corrected chi connectivity index (χ2v) is 6.91. The van der Waals surface area contributed by atoms with Crippen molar-refractivity contribution in [3.05, 3.63) is 29.3 Å². The maximum atomic E-state index is 12.6. The van der Waals surface area contributed by atoms with Crippen LogP contribution in [-0.2, 0) is 4.79 Å². The number of carbonyl (C=O) groups excluding carboxylic acids is 1. The Morgan fingerprint density at radius 1 is 1.17 bits per heavy atom. The summed E-state index contributed by atoms with van der Waals surface area (Å²) >= 11 is 6.25. The van der Waals surface area contributed by atoms with Crippen LogP contribution in [0.4, 0.5) is 5.69 Å². The Hall–Kier alpha value is -1.30. The van der Waals surface area contributed by atoms with Gasteiger partial charge in [-0.25, -0.2) is 0 Å². The highest BCUT2D eigenvalue weighted by Crippen LogP contribution is 2.28. The maximum absolute atomic E-state index is 12.6. The first-order valence-electron chi connectivity index (χ1n) is 8.28. The molecule has 1 saturated heterocycles. The SMILES string of the molecule is N[C@H]1CC[C@H](C(=O)N2CCN(c3ccccc3Cl)CC2)C[C@@H]1O. The Morgan fingerprint density at radius 2 is 1.87 bits per heavy atom. The molecule has 0 aromatic heterocycles. The molecule has 23 heavy (non-hydrogen) atoms. The molecule has 0 bridgehead atoms. The van der Waals surface area contributed by atoms with E-state index in [-0.39, 0.29) is 17.9 Å². The molecule has 1 aromatic rings. The largest absolute Gasteiger partial charge is 0.391 e. The van der Waals surface area contributed by atoms with Crippen molar-refractivity contribution in [3.63, 3.8) is 0 Å². The molecule has 6 heteroatoms. The predicted molar refractivity (Wildman–Crippen MR) is 91.6 cm³/mol. The van der Waals surface area contributed by atoms with E-state index < -0.39 is 6.10 Å². The molecule has 3 N–H and O–H groups in total. The van der Waals surface area contributed by atoms with Crippen molar-refractivity contribution in [2.45, 2.75) is 31.4 Å².